The first-order valence-corrected chi connectivity index (χ1v) is 6.34. The first-order valence-electron chi connectivity index (χ1n) is 6.34. The van der Waals surface area contributed by atoms with Crippen molar-refractivity contribution < 1.29 is 9.53 Å². The van der Waals surface area contributed by atoms with Gasteiger partial charge in [0.25, 0.3) is 5.91 Å². The minimum atomic E-state index is -0.171. The summed E-state index contributed by atoms with van der Waals surface area (Å²) in [5, 5.41) is 5.91. The van der Waals surface area contributed by atoms with Gasteiger partial charge in [0.15, 0.2) is 0 Å². The summed E-state index contributed by atoms with van der Waals surface area (Å²) < 4.78 is 5.15. The van der Waals surface area contributed by atoms with Gasteiger partial charge in [0.1, 0.15) is 11.5 Å². The van der Waals surface area contributed by atoms with Crippen LogP contribution in [0.5, 0.6) is 0 Å². The van der Waals surface area contributed by atoms with E-state index in [1.165, 1.54) is 0 Å². The maximum Gasteiger partial charge on any atom is 0.270 e. The van der Waals surface area contributed by atoms with E-state index in [1.807, 2.05) is 19.1 Å². The third-order valence-corrected chi connectivity index (χ3v) is 2.27. The lowest BCUT2D eigenvalue weighted by Gasteiger charge is -2.07. The summed E-state index contributed by atoms with van der Waals surface area (Å²) in [5.74, 6) is 0.559. The molecule has 1 aromatic rings. The van der Waals surface area contributed by atoms with Gasteiger partial charge in [-0.05, 0) is 25.5 Å². The number of hydrogen-bond acceptors (Lipinski definition) is 4. The molecule has 0 aromatic carbocycles. The largest absolute Gasteiger partial charge is 0.380 e. The molecule has 1 rings (SSSR count). The van der Waals surface area contributed by atoms with E-state index < -0.39 is 0 Å². The third-order valence-electron chi connectivity index (χ3n) is 2.27. The summed E-state index contributed by atoms with van der Waals surface area (Å²) in [6.45, 7) is 6.54. The van der Waals surface area contributed by atoms with Gasteiger partial charge >= 0.3 is 0 Å². The molecule has 0 saturated carbocycles. The first-order chi connectivity index (χ1) is 8.77. The van der Waals surface area contributed by atoms with Crippen molar-refractivity contribution in [2.45, 2.75) is 20.3 Å². The van der Waals surface area contributed by atoms with E-state index in [0.29, 0.717) is 25.5 Å². The average Bonchev–Trinajstić information content (AvgIpc) is 2.41. The number of nitrogens with one attached hydrogen (secondary N) is 2. The summed E-state index contributed by atoms with van der Waals surface area (Å²) in [6, 6.07) is 5.38. The van der Waals surface area contributed by atoms with Crippen molar-refractivity contribution in [3.63, 3.8) is 0 Å². The molecule has 0 atom stereocenters. The summed E-state index contributed by atoms with van der Waals surface area (Å²) in [7, 11) is 0. The summed E-state index contributed by atoms with van der Waals surface area (Å²) in [6.07, 6.45) is 1.02. The third kappa shape index (κ3) is 5.14. The normalized spacial score (nSPS) is 10.1. The molecule has 0 bridgehead atoms. The van der Waals surface area contributed by atoms with Crippen molar-refractivity contribution >= 4 is 11.7 Å². The van der Waals surface area contributed by atoms with Crippen molar-refractivity contribution in [1.29, 1.82) is 0 Å². The van der Waals surface area contributed by atoms with Crippen molar-refractivity contribution in [2.24, 2.45) is 0 Å². The highest BCUT2D eigenvalue weighted by Crippen LogP contribution is 2.04. The molecule has 1 heterocycles. The van der Waals surface area contributed by atoms with Gasteiger partial charge in [-0.15, -0.1) is 0 Å². The van der Waals surface area contributed by atoms with Crippen LogP contribution in [-0.4, -0.2) is 37.2 Å². The van der Waals surface area contributed by atoms with E-state index in [9.17, 15) is 4.79 Å². The Morgan fingerprint density at radius 1 is 1.33 bits per heavy atom. The smallest absolute Gasteiger partial charge is 0.270 e. The van der Waals surface area contributed by atoms with Crippen LogP contribution < -0.4 is 10.6 Å². The van der Waals surface area contributed by atoms with E-state index in [4.69, 9.17) is 4.74 Å². The molecule has 2 N–H and O–H groups in total. The maximum atomic E-state index is 11.8. The van der Waals surface area contributed by atoms with Gasteiger partial charge in [-0.2, -0.15) is 0 Å². The Morgan fingerprint density at radius 3 is 2.89 bits per heavy atom. The van der Waals surface area contributed by atoms with Gasteiger partial charge < -0.3 is 15.4 Å². The standard InChI is InChI=1S/C13H21N3O2/c1-3-8-14-12-7-5-6-11(16-12)13(17)15-9-10-18-4-2/h5-7H,3-4,8-10H2,1-2H3,(H,14,16)(H,15,17). The molecule has 18 heavy (non-hydrogen) atoms. The van der Waals surface area contributed by atoms with Crippen molar-refractivity contribution in [3.8, 4) is 0 Å². The Balaban J connectivity index is 2.46. The SMILES string of the molecule is CCCNc1cccc(C(=O)NCCOCC)n1. The zero-order valence-electron chi connectivity index (χ0n) is 11.0. The van der Waals surface area contributed by atoms with Crippen LogP contribution in [0, 0.1) is 0 Å². The summed E-state index contributed by atoms with van der Waals surface area (Å²) in [4.78, 5) is 16.0. The number of hydrogen-bond donors (Lipinski definition) is 2. The van der Waals surface area contributed by atoms with Crippen LogP contribution >= 0.6 is 0 Å². The van der Waals surface area contributed by atoms with Gasteiger partial charge in [0.05, 0.1) is 6.61 Å². The van der Waals surface area contributed by atoms with Gasteiger partial charge in [0, 0.05) is 19.7 Å². The molecular formula is C13H21N3O2. The number of rotatable bonds is 8. The predicted octanol–water partition coefficient (Wildman–Crippen LogP) is 1.67. The summed E-state index contributed by atoms with van der Waals surface area (Å²) in [5.41, 5.74) is 0.424. The zero-order chi connectivity index (χ0) is 13.2. The number of amides is 1. The van der Waals surface area contributed by atoms with Crippen LogP contribution in [-0.2, 0) is 4.74 Å². The first kappa shape index (κ1) is 14.4. The van der Waals surface area contributed by atoms with Gasteiger partial charge in [-0.1, -0.05) is 13.0 Å². The van der Waals surface area contributed by atoms with Gasteiger partial charge in [-0.3, -0.25) is 4.79 Å². The fourth-order valence-electron chi connectivity index (χ4n) is 1.38. The highest BCUT2D eigenvalue weighted by Gasteiger charge is 2.06. The minimum Gasteiger partial charge on any atom is -0.380 e. The second-order valence-electron chi connectivity index (χ2n) is 3.79. The highest BCUT2D eigenvalue weighted by atomic mass is 16.5. The van der Waals surface area contributed by atoms with Gasteiger partial charge in [-0.25, -0.2) is 4.98 Å². The van der Waals surface area contributed by atoms with Crippen LogP contribution in [0.15, 0.2) is 18.2 Å². The minimum absolute atomic E-state index is 0.171. The molecule has 100 valence electrons. The number of nitrogens with zero attached hydrogens (tertiary/aromatic N) is 1. The van der Waals surface area contributed by atoms with Gasteiger partial charge in [0.2, 0.25) is 0 Å². The van der Waals surface area contributed by atoms with Crippen molar-refractivity contribution in [3.05, 3.63) is 23.9 Å². The molecule has 0 saturated heterocycles. The number of carbonyl (C=O) groups excluding carboxylic acids is 1. The lowest BCUT2D eigenvalue weighted by molar-refractivity contribution is 0.0918. The van der Waals surface area contributed by atoms with Crippen LogP contribution in [0.2, 0.25) is 0 Å². The molecule has 5 heteroatoms. The van der Waals surface area contributed by atoms with Crippen LogP contribution in [0.1, 0.15) is 30.8 Å². The number of pyridine rings is 1. The predicted molar refractivity (Wildman–Crippen MR) is 71.8 cm³/mol. The van der Waals surface area contributed by atoms with Crippen molar-refractivity contribution in [2.75, 3.05) is 31.6 Å². The summed E-state index contributed by atoms with van der Waals surface area (Å²) >= 11 is 0. The Kier molecular flexibility index (Phi) is 6.79. The van der Waals surface area contributed by atoms with E-state index in [-0.39, 0.29) is 5.91 Å². The molecule has 0 unspecified atom stereocenters. The maximum absolute atomic E-state index is 11.8. The zero-order valence-corrected chi connectivity index (χ0v) is 11.0. The highest BCUT2D eigenvalue weighted by molar-refractivity contribution is 5.92. The lowest BCUT2D eigenvalue weighted by atomic mass is 10.3. The Labute approximate surface area is 108 Å². The molecular weight excluding hydrogens is 230 g/mol. The Morgan fingerprint density at radius 2 is 2.17 bits per heavy atom. The van der Waals surface area contributed by atoms with E-state index >= 15 is 0 Å². The number of anilines is 1. The fraction of sp³-hybridized carbons (Fsp3) is 0.538. The topological polar surface area (TPSA) is 63.2 Å². The monoisotopic (exact) mass is 251 g/mol. The van der Waals surface area contributed by atoms with Crippen molar-refractivity contribution in [1.82, 2.24) is 10.3 Å². The lowest BCUT2D eigenvalue weighted by Crippen LogP contribution is -2.28. The molecule has 0 fully saturated rings. The number of ether oxygens (including phenoxy) is 1. The van der Waals surface area contributed by atoms with E-state index in [0.717, 1.165) is 18.8 Å². The van der Waals surface area contributed by atoms with Crippen LogP contribution in [0.25, 0.3) is 0 Å². The molecule has 5 nitrogen and oxygen atoms in total. The molecule has 0 radical (unpaired) electrons. The second-order valence-corrected chi connectivity index (χ2v) is 3.79. The fourth-order valence-corrected chi connectivity index (χ4v) is 1.38. The van der Waals surface area contributed by atoms with Crippen LogP contribution in [0.3, 0.4) is 0 Å². The van der Waals surface area contributed by atoms with E-state index in [2.05, 4.69) is 22.5 Å². The Hall–Kier alpha value is -1.62. The number of aromatic nitrogens is 1. The van der Waals surface area contributed by atoms with Crippen LogP contribution in [0.4, 0.5) is 5.82 Å². The molecule has 1 amide bonds. The molecule has 0 aliphatic carbocycles. The number of carbonyl (C=O) groups is 1. The molecule has 1 aromatic heterocycles. The van der Waals surface area contributed by atoms with E-state index in [1.54, 1.807) is 6.07 Å². The second kappa shape index (κ2) is 8.47. The molecule has 0 spiro atoms. The average molecular weight is 251 g/mol. The molecule has 0 aliphatic rings. The Bertz CT molecular complexity index is 369. The molecule has 0 aliphatic heterocycles. The quantitative estimate of drug-likeness (QED) is 0.690.